The lowest BCUT2D eigenvalue weighted by molar-refractivity contribution is -0.384. The molecule has 0 fully saturated rings. The fourth-order valence-corrected chi connectivity index (χ4v) is 2.53. The van der Waals surface area contributed by atoms with Crippen LogP contribution in [0.2, 0.25) is 0 Å². The lowest BCUT2D eigenvalue weighted by atomic mass is 9.55. The number of aliphatic hydroxyl groups is 1. The van der Waals surface area contributed by atoms with Gasteiger partial charge in [0, 0.05) is 21.7 Å². The average molecular weight is 396 g/mol. The molecule has 0 aromatic rings. The lowest BCUT2D eigenvalue weighted by Crippen LogP contribution is -2.69. The summed E-state index contributed by atoms with van der Waals surface area (Å²) in [6, 6.07) is 0. The number of hydrogen-bond acceptors (Lipinski definition) is 1. The molecule has 0 rings (SSSR count). The van der Waals surface area contributed by atoms with Gasteiger partial charge in [-0.05, 0) is 0 Å². The van der Waals surface area contributed by atoms with E-state index < -0.39 is 45.3 Å². The molecule has 0 aromatic heterocycles. The highest BCUT2D eigenvalue weighted by molar-refractivity contribution is 5.13. The predicted molar refractivity (Wildman–Crippen MR) is 87.4 cm³/mol. The monoisotopic (exact) mass is 396 g/mol. The smallest absolute Gasteiger partial charge is 0.316 e. The van der Waals surface area contributed by atoms with Gasteiger partial charge in [0.15, 0.2) is 0 Å². The first kappa shape index (κ1) is 25.5. The molecule has 0 heterocycles. The van der Waals surface area contributed by atoms with Crippen LogP contribution in [0.5, 0.6) is 0 Å². The minimum Gasteiger partial charge on any atom is -0.357 e. The third-order valence-electron chi connectivity index (χ3n) is 5.88. The van der Waals surface area contributed by atoms with Crippen molar-refractivity contribution in [2.75, 3.05) is 0 Å². The summed E-state index contributed by atoms with van der Waals surface area (Å²) >= 11 is 0. The van der Waals surface area contributed by atoms with E-state index in [1.165, 1.54) is 0 Å². The number of halogens is 7. The first-order valence-electron chi connectivity index (χ1n) is 8.30. The van der Waals surface area contributed by atoms with Crippen molar-refractivity contribution in [3.05, 3.63) is 0 Å². The molecule has 26 heavy (non-hydrogen) atoms. The second-order valence-electron chi connectivity index (χ2n) is 10.1. The minimum absolute atomic E-state index is 0.541. The van der Waals surface area contributed by atoms with Crippen LogP contribution >= 0.6 is 0 Å². The number of hydrogen-bond donors (Lipinski definition) is 1. The largest absolute Gasteiger partial charge is 0.357 e. The van der Waals surface area contributed by atoms with Crippen LogP contribution in [0.3, 0.4) is 0 Å². The Morgan fingerprint density at radius 3 is 0.923 bits per heavy atom. The Hall–Kier alpha value is -0.530. The quantitative estimate of drug-likeness (QED) is 0.513. The van der Waals surface area contributed by atoms with E-state index in [-0.39, 0.29) is 0 Å². The summed E-state index contributed by atoms with van der Waals surface area (Å²) in [7, 11) is 0. The minimum atomic E-state index is -4.93. The fourth-order valence-electron chi connectivity index (χ4n) is 2.53. The van der Waals surface area contributed by atoms with Gasteiger partial charge in [-0.3, -0.25) is 0 Å². The molecule has 0 aliphatic heterocycles. The van der Waals surface area contributed by atoms with Crippen molar-refractivity contribution >= 4 is 0 Å². The van der Waals surface area contributed by atoms with E-state index in [2.05, 4.69) is 0 Å². The number of alkyl halides is 7. The van der Waals surface area contributed by atoms with Crippen molar-refractivity contribution in [1.82, 2.24) is 0 Å². The van der Waals surface area contributed by atoms with E-state index in [0.717, 1.165) is 41.5 Å². The summed E-state index contributed by atoms with van der Waals surface area (Å²) < 4.78 is 103. The highest BCUT2D eigenvalue weighted by atomic mass is 19.3. The summed E-state index contributed by atoms with van der Waals surface area (Å²) in [5, 5.41) is 9.86. The molecule has 1 nitrogen and oxygen atoms in total. The first-order valence-corrected chi connectivity index (χ1v) is 8.30. The third-order valence-corrected chi connectivity index (χ3v) is 5.88. The molecule has 0 aliphatic rings. The Labute approximate surface area is 151 Å². The second-order valence-corrected chi connectivity index (χ2v) is 10.1. The molecule has 0 saturated carbocycles. The molecule has 0 spiro atoms. The lowest BCUT2D eigenvalue weighted by Gasteiger charge is -2.56. The van der Waals surface area contributed by atoms with Crippen molar-refractivity contribution in [3.63, 3.8) is 0 Å². The van der Waals surface area contributed by atoms with Crippen molar-refractivity contribution < 1.29 is 35.8 Å². The van der Waals surface area contributed by atoms with Crippen LogP contribution in [0.4, 0.5) is 30.7 Å². The van der Waals surface area contributed by atoms with Crippen LogP contribution in [0.1, 0.15) is 69.2 Å². The summed E-state index contributed by atoms with van der Waals surface area (Å²) in [5.41, 5.74) is -10.4. The van der Waals surface area contributed by atoms with Gasteiger partial charge < -0.3 is 5.11 Å². The molecule has 1 unspecified atom stereocenters. The molecule has 1 N–H and O–H groups in total. The molecule has 0 saturated heterocycles. The molecule has 0 aliphatic carbocycles. The topological polar surface area (TPSA) is 20.2 Å². The Morgan fingerprint density at radius 1 is 0.423 bits per heavy atom. The molecule has 158 valence electrons. The van der Waals surface area contributed by atoms with Gasteiger partial charge >= 0.3 is 17.8 Å². The van der Waals surface area contributed by atoms with Crippen molar-refractivity contribution in [3.8, 4) is 0 Å². The fraction of sp³-hybridized carbons (Fsp3) is 1.00. The molecular formula is C18H31F7O. The molecule has 0 bridgehead atoms. The van der Waals surface area contributed by atoms with Gasteiger partial charge in [0.25, 0.3) is 5.85 Å². The SMILES string of the molecule is CC(C)(C)C(O)(F)C(F)(F)C(C)(C)C(C)(C)C(F)(F)C(F)(F)C(C)(C)C. The van der Waals surface area contributed by atoms with E-state index in [1.807, 2.05) is 0 Å². The Balaban J connectivity index is 6.61. The molecule has 0 aromatic carbocycles. The van der Waals surface area contributed by atoms with Crippen LogP contribution in [-0.2, 0) is 0 Å². The van der Waals surface area contributed by atoms with Crippen molar-refractivity contribution in [2.24, 2.45) is 21.7 Å². The molecule has 8 heteroatoms. The molecular weight excluding hydrogens is 365 g/mol. The first-order chi connectivity index (χ1) is 10.8. The van der Waals surface area contributed by atoms with Gasteiger partial charge in [0.1, 0.15) is 0 Å². The van der Waals surface area contributed by atoms with Crippen LogP contribution in [-0.4, -0.2) is 28.7 Å². The standard InChI is InChI=1S/C18H31F7O/c1-11(2,3)15(19,20)16(21,22)13(7,8)14(9,10)17(23,24)18(25,26)12(4,5)6/h26H,1-10H3. The average Bonchev–Trinajstić information content (AvgIpc) is 2.34. The van der Waals surface area contributed by atoms with Crippen molar-refractivity contribution in [2.45, 2.75) is 92.9 Å². The zero-order valence-corrected chi connectivity index (χ0v) is 17.1. The number of rotatable bonds is 5. The van der Waals surface area contributed by atoms with Gasteiger partial charge in [-0.25, -0.2) is 4.39 Å². The zero-order valence-electron chi connectivity index (χ0n) is 17.1. The Kier molecular flexibility index (Phi) is 5.86. The van der Waals surface area contributed by atoms with Crippen LogP contribution in [0.25, 0.3) is 0 Å². The maximum absolute atomic E-state index is 15.0. The maximum atomic E-state index is 15.0. The normalized spacial score (nSPS) is 18.7. The highest BCUT2D eigenvalue weighted by Crippen LogP contribution is 2.66. The predicted octanol–water partition coefficient (Wildman–Crippen LogP) is 6.70. The van der Waals surface area contributed by atoms with Crippen molar-refractivity contribution in [1.29, 1.82) is 0 Å². The maximum Gasteiger partial charge on any atom is 0.316 e. The van der Waals surface area contributed by atoms with Gasteiger partial charge in [-0.1, -0.05) is 69.2 Å². The Morgan fingerprint density at radius 2 is 0.692 bits per heavy atom. The molecule has 1 atom stereocenters. The summed E-state index contributed by atoms with van der Waals surface area (Å²) in [6.45, 7) is 7.70. The van der Waals surface area contributed by atoms with Crippen LogP contribution in [0, 0.1) is 21.7 Å². The van der Waals surface area contributed by atoms with Gasteiger partial charge in [0.2, 0.25) is 0 Å². The van der Waals surface area contributed by atoms with Gasteiger partial charge in [-0.15, -0.1) is 0 Å². The van der Waals surface area contributed by atoms with E-state index in [1.54, 1.807) is 0 Å². The van der Waals surface area contributed by atoms with Crippen LogP contribution in [0.15, 0.2) is 0 Å². The van der Waals surface area contributed by atoms with E-state index in [4.69, 9.17) is 0 Å². The molecule has 0 amide bonds. The Bertz CT molecular complexity index is 473. The second kappa shape index (κ2) is 5.98. The zero-order chi connectivity index (χ0) is 22.0. The third kappa shape index (κ3) is 3.04. The van der Waals surface area contributed by atoms with Crippen LogP contribution < -0.4 is 0 Å². The van der Waals surface area contributed by atoms with E-state index in [9.17, 15) is 35.8 Å². The summed E-state index contributed by atoms with van der Waals surface area (Å²) in [6.07, 6.45) is 0. The highest BCUT2D eigenvalue weighted by Gasteiger charge is 2.79. The summed E-state index contributed by atoms with van der Waals surface area (Å²) in [4.78, 5) is 0. The van der Waals surface area contributed by atoms with E-state index >= 15 is 0 Å². The summed E-state index contributed by atoms with van der Waals surface area (Å²) in [5.74, 6) is -18.6. The molecule has 0 radical (unpaired) electrons. The van der Waals surface area contributed by atoms with Gasteiger partial charge in [0.05, 0.1) is 0 Å². The van der Waals surface area contributed by atoms with E-state index in [0.29, 0.717) is 27.7 Å². The van der Waals surface area contributed by atoms with Gasteiger partial charge in [-0.2, -0.15) is 26.3 Å².